The van der Waals surface area contributed by atoms with Gasteiger partial charge >= 0.3 is 0 Å². The Hall–Kier alpha value is -1.32. The monoisotopic (exact) mass is 168 g/mol. The van der Waals surface area contributed by atoms with Crippen LogP contribution in [0.4, 0.5) is 0 Å². The third kappa shape index (κ3) is 2.38. The van der Waals surface area contributed by atoms with Crippen LogP contribution in [0.1, 0.15) is 20.3 Å². The molecule has 12 heavy (non-hydrogen) atoms. The summed E-state index contributed by atoms with van der Waals surface area (Å²) in [6, 6.07) is 1.39. The quantitative estimate of drug-likeness (QED) is 0.731. The minimum atomic E-state index is -0.240. The van der Waals surface area contributed by atoms with Gasteiger partial charge in [-0.25, -0.2) is 5.10 Å². The van der Waals surface area contributed by atoms with Crippen LogP contribution in [0.15, 0.2) is 17.1 Å². The van der Waals surface area contributed by atoms with Crippen LogP contribution in [-0.2, 0) is 0 Å². The molecule has 0 saturated heterocycles. The Morgan fingerprint density at radius 3 is 3.08 bits per heavy atom. The van der Waals surface area contributed by atoms with Crippen molar-refractivity contribution in [3.63, 3.8) is 0 Å². The van der Waals surface area contributed by atoms with Crippen molar-refractivity contribution in [2.75, 3.05) is 0 Å². The first-order valence-corrected chi connectivity index (χ1v) is 3.93. The molecule has 0 radical (unpaired) electrons. The van der Waals surface area contributed by atoms with E-state index in [1.54, 1.807) is 0 Å². The zero-order chi connectivity index (χ0) is 8.97. The van der Waals surface area contributed by atoms with Gasteiger partial charge in [0.05, 0.1) is 12.3 Å². The number of aromatic amines is 1. The summed E-state index contributed by atoms with van der Waals surface area (Å²) in [6.45, 7) is 3.96. The van der Waals surface area contributed by atoms with Gasteiger partial charge in [0, 0.05) is 6.07 Å². The predicted octanol–water partition coefficient (Wildman–Crippen LogP) is 0.947. The number of aromatic nitrogens is 2. The van der Waals surface area contributed by atoms with Crippen molar-refractivity contribution in [2.45, 2.75) is 26.4 Å². The molecule has 0 bridgehead atoms. The molecule has 0 spiro atoms. The van der Waals surface area contributed by atoms with Gasteiger partial charge in [0.25, 0.3) is 5.56 Å². The molecule has 0 aliphatic rings. The fourth-order valence-corrected chi connectivity index (χ4v) is 0.738. The summed E-state index contributed by atoms with van der Waals surface area (Å²) in [7, 11) is 0. The molecular weight excluding hydrogens is 156 g/mol. The molecule has 1 aromatic heterocycles. The van der Waals surface area contributed by atoms with E-state index in [1.807, 2.05) is 13.8 Å². The van der Waals surface area contributed by atoms with Crippen molar-refractivity contribution < 1.29 is 4.74 Å². The molecule has 1 unspecified atom stereocenters. The first-order chi connectivity index (χ1) is 5.72. The fraction of sp³-hybridized carbons (Fsp3) is 0.500. The number of rotatable bonds is 3. The topological polar surface area (TPSA) is 55.0 Å². The lowest BCUT2D eigenvalue weighted by molar-refractivity contribution is 0.216. The highest BCUT2D eigenvalue weighted by Gasteiger charge is 2.00. The van der Waals surface area contributed by atoms with E-state index in [0.29, 0.717) is 5.75 Å². The van der Waals surface area contributed by atoms with Crippen molar-refractivity contribution in [2.24, 2.45) is 0 Å². The van der Waals surface area contributed by atoms with Crippen LogP contribution in [0, 0.1) is 0 Å². The zero-order valence-corrected chi connectivity index (χ0v) is 7.20. The average Bonchev–Trinajstić information content (AvgIpc) is 2.04. The van der Waals surface area contributed by atoms with Crippen LogP contribution in [0.5, 0.6) is 5.75 Å². The largest absolute Gasteiger partial charge is 0.489 e. The fourth-order valence-electron chi connectivity index (χ4n) is 0.738. The van der Waals surface area contributed by atoms with E-state index in [9.17, 15) is 4.79 Å². The van der Waals surface area contributed by atoms with Gasteiger partial charge in [-0.1, -0.05) is 6.92 Å². The maximum absolute atomic E-state index is 10.8. The third-order valence-corrected chi connectivity index (χ3v) is 1.55. The Morgan fingerprint density at radius 1 is 1.75 bits per heavy atom. The number of hydrogen-bond donors (Lipinski definition) is 1. The molecule has 4 nitrogen and oxygen atoms in total. The molecule has 1 heterocycles. The van der Waals surface area contributed by atoms with E-state index in [-0.39, 0.29) is 11.7 Å². The van der Waals surface area contributed by atoms with E-state index in [4.69, 9.17) is 4.74 Å². The van der Waals surface area contributed by atoms with Gasteiger partial charge in [-0.15, -0.1) is 0 Å². The van der Waals surface area contributed by atoms with E-state index in [1.165, 1.54) is 12.3 Å². The molecule has 1 rings (SSSR count). The van der Waals surface area contributed by atoms with Gasteiger partial charge in [-0.05, 0) is 13.3 Å². The van der Waals surface area contributed by atoms with Gasteiger partial charge in [0.1, 0.15) is 5.75 Å². The average molecular weight is 168 g/mol. The van der Waals surface area contributed by atoms with Gasteiger partial charge in [-0.2, -0.15) is 5.10 Å². The molecule has 4 heteroatoms. The Bertz CT molecular complexity index is 295. The molecule has 0 aromatic carbocycles. The van der Waals surface area contributed by atoms with Crippen LogP contribution in [0.3, 0.4) is 0 Å². The summed E-state index contributed by atoms with van der Waals surface area (Å²) < 4.78 is 5.36. The minimum Gasteiger partial charge on any atom is -0.489 e. The van der Waals surface area contributed by atoms with Gasteiger partial charge in [-0.3, -0.25) is 4.79 Å². The van der Waals surface area contributed by atoms with Gasteiger partial charge < -0.3 is 4.74 Å². The van der Waals surface area contributed by atoms with Gasteiger partial charge in [0.2, 0.25) is 0 Å². The van der Waals surface area contributed by atoms with E-state index in [2.05, 4.69) is 10.2 Å². The summed E-state index contributed by atoms with van der Waals surface area (Å²) in [6.07, 6.45) is 2.52. The third-order valence-electron chi connectivity index (χ3n) is 1.55. The van der Waals surface area contributed by atoms with E-state index >= 15 is 0 Å². The van der Waals surface area contributed by atoms with Crippen molar-refractivity contribution in [1.29, 1.82) is 0 Å². The SMILES string of the molecule is CCC(C)Oc1cn[nH]c(=O)c1. The highest BCUT2D eigenvalue weighted by Crippen LogP contribution is 2.07. The van der Waals surface area contributed by atoms with Crippen molar-refractivity contribution in [3.05, 3.63) is 22.6 Å². The van der Waals surface area contributed by atoms with Crippen LogP contribution in [0.25, 0.3) is 0 Å². The highest BCUT2D eigenvalue weighted by molar-refractivity contribution is 5.13. The maximum atomic E-state index is 10.8. The predicted molar refractivity (Wildman–Crippen MR) is 45.2 cm³/mol. The summed E-state index contributed by atoms with van der Waals surface area (Å²) >= 11 is 0. The number of ether oxygens (including phenoxy) is 1. The Balaban J connectivity index is 2.69. The summed E-state index contributed by atoms with van der Waals surface area (Å²) in [5, 5.41) is 5.89. The highest BCUT2D eigenvalue weighted by atomic mass is 16.5. The standard InChI is InChI=1S/C8H12N2O2/c1-3-6(2)12-7-4-8(11)10-9-5-7/h4-6H,3H2,1-2H3,(H,10,11). The molecule has 1 aromatic rings. The lowest BCUT2D eigenvalue weighted by Gasteiger charge is -2.10. The molecule has 1 atom stereocenters. The molecule has 0 amide bonds. The molecular formula is C8H12N2O2. The zero-order valence-electron chi connectivity index (χ0n) is 7.20. The van der Waals surface area contributed by atoms with Crippen molar-refractivity contribution in [3.8, 4) is 5.75 Å². The smallest absolute Gasteiger partial charge is 0.267 e. The second-order valence-electron chi connectivity index (χ2n) is 2.62. The van der Waals surface area contributed by atoms with Gasteiger partial charge in [0.15, 0.2) is 0 Å². The second kappa shape index (κ2) is 3.90. The number of hydrogen-bond acceptors (Lipinski definition) is 3. The number of nitrogens with zero attached hydrogens (tertiary/aromatic N) is 1. The maximum Gasteiger partial charge on any atom is 0.267 e. The van der Waals surface area contributed by atoms with Crippen LogP contribution in [0.2, 0.25) is 0 Å². The van der Waals surface area contributed by atoms with E-state index < -0.39 is 0 Å². The minimum absolute atomic E-state index is 0.119. The summed E-state index contributed by atoms with van der Waals surface area (Å²) in [5.74, 6) is 0.521. The lowest BCUT2D eigenvalue weighted by atomic mass is 10.3. The molecule has 0 saturated carbocycles. The normalized spacial score (nSPS) is 12.5. The van der Waals surface area contributed by atoms with Crippen molar-refractivity contribution >= 4 is 0 Å². The molecule has 0 fully saturated rings. The Labute approximate surface area is 70.6 Å². The van der Waals surface area contributed by atoms with Crippen LogP contribution < -0.4 is 10.3 Å². The second-order valence-corrected chi connectivity index (χ2v) is 2.62. The summed E-state index contributed by atoms with van der Waals surface area (Å²) in [4.78, 5) is 10.8. The molecule has 0 aliphatic heterocycles. The molecule has 0 aliphatic carbocycles. The first-order valence-electron chi connectivity index (χ1n) is 3.93. The first kappa shape index (κ1) is 8.77. The molecule has 1 N–H and O–H groups in total. The lowest BCUT2D eigenvalue weighted by Crippen LogP contribution is -2.13. The Morgan fingerprint density at radius 2 is 2.50 bits per heavy atom. The number of nitrogens with one attached hydrogen (secondary N) is 1. The van der Waals surface area contributed by atoms with Crippen LogP contribution >= 0.6 is 0 Å². The van der Waals surface area contributed by atoms with Crippen LogP contribution in [-0.4, -0.2) is 16.3 Å². The van der Waals surface area contributed by atoms with Crippen molar-refractivity contribution in [1.82, 2.24) is 10.2 Å². The Kier molecular flexibility index (Phi) is 2.85. The summed E-state index contributed by atoms with van der Waals surface area (Å²) in [5.41, 5.74) is -0.240. The molecule has 66 valence electrons. The number of H-pyrrole nitrogens is 1. The van der Waals surface area contributed by atoms with E-state index in [0.717, 1.165) is 6.42 Å².